The highest BCUT2D eigenvalue weighted by Crippen LogP contribution is 2.24. The molecule has 0 spiro atoms. The van der Waals surface area contributed by atoms with E-state index < -0.39 is 0 Å². The van der Waals surface area contributed by atoms with Crippen LogP contribution in [0.5, 0.6) is 0 Å². The van der Waals surface area contributed by atoms with E-state index in [1.165, 1.54) is 17.3 Å². The molecule has 1 unspecified atom stereocenters. The molecular weight excluding hydrogens is 314 g/mol. The van der Waals surface area contributed by atoms with Gasteiger partial charge in [-0.15, -0.1) is 0 Å². The quantitative estimate of drug-likeness (QED) is 0.733. The largest absolute Gasteiger partial charge is 0.438 e. The number of piperidine rings is 1. The Kier molecular flexibility index (Phi) is 4.22. The van der Waals surface area contributed by atoms with Crippen LogP contribution in [0.1, 0.15) is 34.7 Å². The van der Waals surface area contributed by atoms with Crippen LogP contribution in [-0.4, -0.2) is 33.9 Å². The highest BCUT2D eigenvalue weighted by molar-refractivity contribution is 5.92. The van der Waals surface area contributed by atoms with Gasteiger partial charge in [-0.05, 0) is 55.9 Å². The lowest BCUT2D eigenvalue weighted by atomic mass is 9.90. The molecule has 3 heterocycles. The SMILES string of the molecule is Cc1ncoc1C(=O)N1CCCC(Cc2ccc3ncccc3c2)C1. The van der Waals surface area contributed by atoms with Crippen molar-refractivity contribution in [3.63, 3.8) is 0 Å². The Hall–Kier alpha value is -2.69. The van der Waals surface area contributed by atoms with Gasteiger partial charge < -0.3 is 9.32 Å². The lowest BCUT2D eigenvalue weighted by Gasteiger charge is -2.32. The molecule has 0 aliphatic carbocycles. The van der Waals surface area contributed by atoms with Gasteiger partial charge >= 0.3 is 0 Å². The Bertz CT molecular complexity index is 903. The van der Waals surface area contributed by atoms with Gasteiger partial charge in [0, 0.05) is 24.7 Å². The topological polar surface area (TPSA) is 59.2 Å². The van der Waals surface area contributed by atoms with Gasteiger partial charge in [-0.3, -0.25) is 9.78 Å². The number of aromatic nitrogens is 2. The zero-order chi connectivity index (χ0) is 17.2. The third-order valence-corrected chi connectivity index (χ3v) is 4.94. The number of fused-ring (bicyclic) bond motifs is 1. The fourth-order valence-electron chi connectivity index (χ4n) is 3.65. The van der Waals surface area contributed by atoms with Gasteiger partial charge in [0.1, 0.15) is 0 Å². The number of pyridine rings is 1. The fraction of sp³-hybridized carbons (Fsp3) is 0.350. The highest BCUT2D eigenvalue weighted by Gasteiger charge is 2.27. The molecule has 1 aromatic carbocycles. The minimum absolute atomic E-state index is 0.0394. The van der Waals surface area contributed by atoms with E-state index in [4.69, 9.17) is 4.42 Å². The number of benzene rings is 1. The Labute approximate surface area is 146 Å². The van der Waals surface area contributed by atoms with Crippen molar-refractivity contribution in [3.8, 4) is 0 Å². The second-order valence-corrected chi connectivity index (χ2v) is 6.76. The minimum Gasteiger partial charge on any atom is -0.438 e. The highest BCUT2D eigenvalue weighted by atomic mass is 16.3. The Morgan fingerprint density at radius 3 is 3.08 bits per heavy atom. The summed E-state index contributed by atoms with van der Waals surface area (Å²) < 4.78 is 5.27. The second kappa shape index (κ2) is 6.67. The van der Waals surface area contributed by atoms with Crippen molar-refractivity contribution in [2.75, 3.05) is 13.1 Å². The molecule has 1 aliphatic heterocycles. The number of aryl methyl sites for hydroxylation is 1. The lowest BCUT2D eigenvalue weighted by Crippen LogP contribution is -2.40. The predicted molar refractivity (Wildman–Crippen MR) is 95.3 cm³/mol. The zero-order valence-electron chi connectivity index (χ0n) is 14.3. The van der Waals surface area contributed by atoms with Crippen LogP contribution in [0.3, 0.4) is 0 Å². The van der Waals surface area contributed by atoms with Gasteiger partial charge in [0.25, 0.3) is 5.91 Å². The van der Waals surface area contributed by atoms with E-state index in [-0.39, 0.29) is 5.91 Å². The molecule has 2 aromatic heterocycles. The molecule has 1 aliphatic rings. The van der Waals surface area contributed by atoms with E-state index in [9.17, 15) is 4.79 Å². The molecule has 25 heavy (non-hydrogen) atoms. The van der Waals surface area contributed by atoms with E-state index in [1.54, 1.807) is 6.92 Å². The van der Waals surface area contributed by atoms with Crippen LogP contribution in [0, 0.1) is 12.8 Å². The molecule has 1 atom stereocenters. The number of likely N-dealkylation sites (tertiary alicyclic amines) is 1. The van der Waals surface area contributed by atoms with Gasteiger partial charge in [-0.25, -0.2) is 4.98 Å². The third kappa shape index (κ3) is 3.27. The molecule has 0 saturated carbocycles. The third-order valence-electron chi connectivity index (χ3n) is 4.94. The molecule has 3 aromatic rings. The first-order chi connectivity index (χ1) is 12.2. The van der Waals surface area contributed by atoms with E-state index in [0.717, 1.165) is 37.9 Å². The van der Waals surface area contributed by atoms with Gasteiger partial charge in [0.2, 0.25) is 5.76 Å². The molecule has 0 bridgehead atoms. The average Bonchev–Trinajstić information content (AvgIpc) is 3.07. The maximum atomic E-state index is 12.6. The summed E-state index contributed by atoms with van der Waals surface area (Å²) in [6, 6.07) is 10.5. The van der Waals surface area contributed by atoms with Crippen LogP contribution in [-0.2, 0) is 6.42 Å². The van der Waals surface area contributed by atoms with Gasteiger partial charge in [0.15, 0.2) is 6.39 Å². The second-order valence-electron chi connectivity index (χ2n) is 6.76. The summed E-state index contributed by atoms with van der Waals surface area (Å²) in [6.07, 6.45) is 6.30. The number of rotatable bonds is 3. The standard InChI is InChI=1S/C20H21N3O2/c1-14-19(25-13-22-14)20(24)23-9-3-4-16(12-23)10-15-6-7-18-17(11-15)5-2-8-21-18/h2,5-8,11,13,16H,3-4,9-10,12H2,1H3. The van der Waals surface area contributed by atoms with Crippen LogP contribution in [0.2, 0.25) is 0 Å². The summed E-state index contributed by atoms with van der Waals surface area (Å²) in [6.45, 7) is 3.36. The van der Waals surface area contributed by atoms with Crippen LogP contribution >= 0.6 is 0 Å². The zero-order valence-corrected chi connectivity index (χ0v) is 14.3. The normalized spacial score (nSPS) is 17.8. The number of amides is 1. The number of hydrogen-bond acceptors (Lipinski definition) is 4. The number of carbonyl (C=O) groups excluding carboxylic acids is 1. The first kappa shape index (κ1) is 15.8. The lowest BCUT2D eigenvalue weighted by molar-refractivity contribution is 0.0640. The van der Waals surface area contributed by atoms with E-state index in [0.29, 0.717) is 17.4 Å². The van der Waals surface area contributed by atoms with E-state index in [1.807, 2.05) is 17.2 Å². The van der Waals surface area contributed by atoms with Gasteiger partial charge in [0.05, 0.1) is 11.2 Å². The maximum Gasteiger partial charge on any atom is 0.291 e. The maximum absolute atomic E-state index is 12.6. The Morgan fingerprint density at radius 1 is 1.32 bits per heavy atom. The molecule has 5 heteroatoms. The average molecular weight is 335 g/mol. The molecule has 1 saturated heterocycles. The van der Waals surface area contributed by atoms with Gasteiger partial charge in [-0.1, -0.05) is 12.1 Å². The van der Waals surface area contributed by atoms with Crippen molar-refractivity contribution in [1.29, 1.82) is 0 Å². The van der Waals surface area contributed by atoms with Crippen molar-refractivity contribution in [1.82, 2.24) is 14.9 Å². The van der Waals surface area contributed by atoms with Crippen molar-refractivity contribution < 1.29 is 9.21 Å². The molecule has 128 valence electrons. The van der Waals surface area contributed by atoms with Crippen LogP contribution in [0.25, 0.3) is 10.9 Å². The summed E-state index contributed by atoms with van der Waals surface area (Å²) in [7, 11) is 0. The van der Waals surface area contributed by atoms with Gasteiger partial charge in [-0.2, -0.15) is 0 Å². The Morgan fingerprint density at radius 2 is 2.24 bits per heavy atom. The molecular formula is C20H21N3O2. The monoisotopic (exact) mass is 335 g/mol. The van der Waals surface area contributed by atoms with Crippen molar-refractivity contribution >= 4 is 16.8 Å². The molecule has 5 nitrogen and oxygen atoms in total. The van der Waals surface area contributed by atoms with Crippen molar-refractivity contribution in [2.45, 2.75) is 26.2 Å². The van der Waals surface area contributed by atoms with Crippen molar-refractivity contribution in [3.05, 3.63) is 59.9 Å². The summed E-state index contributed by atoms with van der Waals surface area (Å²) >= 11 is 0. The summed E-state index contributed by atoms with van der Waals surface area (Å²) in [5, 5.41) is 1.17. The Balaban J connectivity index is 1.47. The summed E-state index contributed by atoms with van der Waals surface area (Å²) in [5.41, 5.74) is 2.98. The molecule has 1 amide bonds. The summed E-state index contributed by atoms with van der Waals surface area (Å²) in [5.74, 6) is 0.801. The van der Waals surface area contributed by atoms with Crippen molar-refractivity contribution in [2.24, 2.45) is 5.92 Å². The van der Waals surface area contributed by atoms with Crippen LogP contribution in [0.15, 0.2) is 47.3 Å². The number of oxazole rings is 1. The molecule has 1 fully saturated rings. The summed E-state index contributed by atoms with van der Waals surface area (Å²) in [4.78, 5) is 22.9. The smallest absolute Gasteiger partial charge is 0.291 e. The number of hydrogen-bond donors (Lipinski definition) is 0. The minimum atomic E-state index is -0.0394. The van der Waals surface area contributed by atoms with E-state index >= 15 is 0 Å². The van der Waals surface area contributed by atoms with Crippen LogP contribution in [0.4, 0.5) is 0 Å². The molecule has 0 N–H and O–H groups in total. The predicted octanol–water partition coefficient (Wildman–Crippen LogP) is 3.63. The number of nitrogens with zero attached hydrogens (tertiary/aromatic N) is 3. The molecule has 4 rings (SSSR count). The number of carbonyl (C=O) groups is 1. The first-order valence-electron chi connectivity index (χ1n) is 8.74. The first-order valence-corrected chi connectivity index (χ1v) is 8.74. The van der Waals surface area contributed by atoms with Crippen LogP contribution < -0.4 is 0 Å². The molecule has 0 radical (unpaired) electrons. The van der Waals surface area contributed by atoms with E-state index in [2.05, 4.69) is 34.2 Å². The fourth-order valence-corrected chi connectivity index (χ4v) is 3.65.